The molecule has 0 radical (unpaired) electrons. The maximum atomic E-state index is 9.27. The van der Waals surface area contributed by atoms with Gasteiger partial charge in [0, 0.05) is 23.4 Å². The lowest BCUT2D eigenvalue weighted by Gasteiger charge is -2.20. The van der Waals surface area contributed by atoms with Crippen LogP contribution >= 0.6 is 0 Å². The van der Waals surface area contributed by atoms with E-state index in [0.29, 0.717) is 6.54 Å². The van der Waals surface area contributed by atoms with E-state index in [9.17, 15) is 5.11 Å². The Kier molecular flexibility index (Phi) is 4.51. The normalized spacial score (nSPS) is 13.7. The van der Waals surface area contributed by atoms with Crippen molar-refractivity contribution in [3.63, 3.8) is 0 Å². The summed E-state index contributed by atoms with van der Waals surface area (Å²) in [6.07, 6.45) is 4.33. The number of aromatic nitrogens is 3. The van der Waals surface area contributed by atoms with E-state index in [4.69, 9.17) is 14.8 Å². The average molecular weight is 352 g/mol. The Bertz CT molecular complexity index is 931. The summed E-state index contributed by atoms with van der Waals surface area (Å²) < 4.78 is 7.18. The van der Waals surface area contributed by atoms with E-state index in [1.54, 1.807) is 7.11 Å². The van der Waals surface area contributed by atoms with Gasteiger partial charge in [0.1, 0.15) is 11.6 Å². The van der Waals surface area contributed by atoms with Gasteiger partial charge < -0.3 is 15.2 Å². The maximum absolute atomic E-state index is 9.27. The van der Waals surface area contributed by atoms with Crippen LogP contribution in [-0.4, -0.2) is 40.0 Å². The van der Waals surface area contributed by atoms with Gasteiger partial charge >= 0.3 is 0 Å². The van der Waals surface area contributed by atoms with Crippen molar-refractivity contribution in [3.8, 4) is 16.9 Å². The molecule has 6 heteroatoms. The molecule has 0 bridgehead atoms. The number of aliphatic hydroxyl groups excluding tert-OH is 1. The summed E-state index contributed by atoms with van der Waals surface area (Å²) >= 11 is 0. The second-order valence-corrected chi connectivity index (χ2v) is 6.67. The number of ether oxygens (including phenoxy) is 1. The lowest BCUT2D eigenvalue weighted by molar-refractivity contribution is 0.311. The molecule has 1 aliphatic carbocycles. The number of fused-ring (bicyclic) bond motifs is 2. The molecule has 1 aliphatic rings. The number of aliphatic hydroxyl groups is 1. The van der Waals surface area contributed by atoms with Crippen molar-refractivity contribution in [2.75, 3.05) is 25.6 Å². The number of anilines is 1. The number of aryl methyl sites for hydroxylation is 2. The first kappa shape index (κ1) is 16.8. The van der Waals surface area contributed by atoms with Gasteiger partial charge in [-0.2, -0.15) is 9.61 Å². The zero-order valence-electron chi connectivity index (χ0n) is 15.2. The molecule has 0 amide bonds. The molecule has 2 N–H and O–H groups in total. The molecule has 1 aromatic carbocycles. The van der Waals surface area contributed by atoms with E-state index < -0.39 is 0 Å². The number of benzene rings is 1. The highest BCUT2D eigenvalue weighted by Crippen LogP contribution is 2.34. The van der Waals surface area contributed by atoms with Crippen LogP contribution < -0.4 is 10.1 Å². The molecule has 6 nitrogen and oxygen atoms in total. The molecule has 2 heterocycles. The highest BCUT2D eigenvalue weighted by Gasteiger charge is 2.22. The molecule has 0 unspecified atom stereocenters. The summed E-state index contributed by atoms with van der Waals surface area (Å²) in [5, 5.41) is 17.4. The van der Waals surface area contributed by atoms with Crippen molar-refractivity contribution < 1.29 is 9.84 Å². The molecular formula is C20H24N4O2. The maximum Gasteiger partial charge on any atom is 0.165 e. The Hall–Kier alpha value is -2.60. The molecular weight excluding hydrogens is 328 g/mol. The van der Waals surface area contributed by atoms with Gasteiger partial charge in [0.15, 0.2) is 5.65 Å². The first-order valence-corrected chi connectivity index (χ1v) is 9.13. The number of methoxy groups -OCH3 is 1. The van der Waals surface area contributed by atoms with E-state index >= 15 is 0 Å². The van der Waals surface area contributed by atoms with E-state index in [1.165, 1.54) is 18.4 Å². The zero-order valence-corrected chi connectivity index (χ0v) is 15.2. The van der Waals surface area contributed by atoms with E-state index in [-0.39, 0.29) is 6.61 Å². The van der Waals surface area contributed by atoms with Gasteiger partial charge in [0.25, 0.3) is 0 Å². The Balaban J connectivity index is 1.92. The van der Waals surface area contributed by atoms with Crippen molar-refractivity contribution in [2.24, 2.45) is 0 Å². The summed E-state index contributed by atoms with van der Waals surface area (Å²) in [7, 11) is 1.67. The Labute approximate surface area is 152 Å². The van der Waals surface area contributed by atoms with Crippen LogP contribution in [0, 0.1) is 6.92 Å². The van der Waals surface area contributed by atoms with Gasteiger partial charge in [-0.1, -0.05) is 12.1 Å². The fourth-order valence-electron chi connectivity index (χ4n) is 3.75. The third-order valence-corrected chi connectivity index (χ3v) is 5.00. The second-order valence-electron chi connectivity index (χ2n) is 6.67. The zero-order chi connectivity index (χ0) is 18.1. The van der Waals surface area contributed by atoms with Crippen LogP contribution in [-0.2, 0) is 12.8 Å². The second kappa shape index (κ2) is 6.96. The minimum absolute atomic E-state index is 0.0875. The van der Waals surface area contributed by atoms with Crippen molar-refractivity contribution in [2.45, 2.75) is 32.6 Å². The number of hydrogen-bond acceptors (Lipinski definition) is 5. The fraction of sp³-hybridized carbons (Fsp3) is 0.400. The van der Waals surface area contributed by atoms with Crippen molar-refractivity contribution in [3.05, 3.63) is 41.2 Å². The third-order valence-electron chi connectivity index (χ3n) is 5.00. The van der Waals surface area contributed by atoms with Crippen LogP contribution in [0.15, 0.2) is 24.3 Å². The molecule has 2 aromatic heterocycles. The van der Waals surface area contributed by atoms with Crippen LogP contribution in [0.4, 0.5) is 5.82 Å². The number of hydrogen-bond donors (Lipinski definition) is 2. The fourth-order valence-corrected chi connectivity index (χ4v) is 3.75. The van der Waals surface area contributed by atoms with Gasteiger partial charge in [-0.25, -0.2) is 4.98 Å². The first-order valence-electron chi connectivity index (χ1n) is 9.13. The molecule has 136 valence electrons. The van der Waals surface area contributed by atoms with Crippen LogP contribution in [0.5, 0.6) is 5.75 Å². The van der Waals surface area contributed by atoms with Crippen LogP contribution in [0.2, 0.25) is 0 Å². The van der Waals surface area contributed by atoms with Crippen molar-refractivity contribution in [1.29, 1.82) is 0 Å². The summed E-state index contributed by atoms with van der Waals surface area (Å²) in [6.45, 7) is 2.61. The summed E-state index contributed by atoms with van der Waals surface area (Å²) in [5.41, 5.74) is 6.33. The molecule has 3 aromatic rings. The third kappa shape index (κ3) is 2.80. The number of rotatable bonds is 5. The lowest BCUT2D eigenvalue weighted by atomic mass is 9.96. The van der Waals surface area contributed by atoms with Crippen molar-refractivity contribution >= 4 is 11.5 Å². The topological polar surface area (TPSA) is 71.7 Å². The molecule has 0 atom stereocenters. The molecule has 0 saturated carbocycles. The van der Waals surface area contributed by atoms with Crippen molar-refractivity contribution in [1.82, 2.24) is 14.6 Å². The van der Waals surface area contributed by atoms with Gasteiger partial charge in [-0.15, -0.1) is 0 Å². The standard InChI is InChI=1S/C20H24N4O2/c1-13-18(14-7-9-15(26-2)10-8-14)20-22-17-6-4-3-5-16(17)19(21-11-12-25)24(20)23-13/h7-10,21,25H,3-6,11-12H2,1-2H3. The molecule has 4 rings (SSSR count). The average Bonchev–Trinajstić information content (AvgIpc) is 3.00. The number of nitrogens with one attached hydrogen (secondary N) is 1. The minimum Gasteiger partial charge on any atom is -0.497 e. The highest BCUT2D eigenvalue weighted by molar-refractivity contribution is 5.81. The van der Waals surface area contributed by atoms with Crippen LogP contribution in [0.1, 0.15) is 29.8 Å². The Morgan fingerprint density at radius 1 is 1.19 bits per heavy atom. The predicted octanol–water partition coefficient (Wildman–Crippen LogP) is 3.00. The summed E-state index contributed by atoms with van der Waals surface area (Å²) in [4.78, 5) is 4.99. The molecule has 0 aliphatic heterocycles. The minimum atomic E-state index is 0.0875. The van der Waals surface area contributed by atoms with Crippen LogP contribution in [0.25, 0.3) is 16.8 Å². The van der Waals surface area contributed by atoms with Gasteiger partial charge in [0.2, 0.25) is 0 Å². The smallest absolute Gasteiger partial charge is 0.165 e. The summed E-state index contributed by atoms with van der Waals surface area (Å²) in [5.74, 6) is 1.81. The van der Waals surface area contributed by atoms with E-state index in [2.05, 4.69) is 5.32 Å². The molecule has 0 saturated heterocycles. The van der Waals surface area contributed by atoms with Gasteiger partial charge in [-0.05, 0) is 50.3 Å². The first-order chi connectivity index (χ1) is 12.7. The summed E-state index contributed by atoms with van der Waals surface area (Å²) in [6, 6.07) is 8.01. The van der Waals surface area contributed by atoms with Gasteiger partial charge in [0.05, 0.1) is 19.4 Å². The predicted molar refractivity (Wildman–Crippen MR) is 102 cm³/mol. The van der Waals surface area contributed by atoms with E-state index in [1.807, 2.05) is 35.7 Å². The lowest BCUT2D eigenvalue weighted by Crippen LogP contribution is -2.17. The molecule has 26 heavy (non-hydrogen) atoms. The quantitative estimate of drug-likeness (QED) is 0.739. The number of nitrogens with zero attached hydrogens (tertiary/aromatic N) is 3. The SMILES string of the molecule is COc1ccc(-c2c(C)nn3c(NCCO)c4c(nc23)CCCC4)cc1. The Morgan fingerprint density at radius 3 is 2.69 bits per heavy atom. The molecule has 0 fully saturated rings. The van der Waals surface area contributed by atoms with Crippen LogP contribution in [0.3, 0.4) is 0 Å². The molecule has 0 spiro atoms. The monoisotopic (exact) mass is 352 g/mol. The Morgan fingerprint density at radius 2 is 1.96 bits per heavy atom. The largest absolute Gasteiger partial charge is 0.497 e. The van der Waals surface area contributed by atoms with Gasteiger partial charge in [-0.3, -0.25) is 0 Å². The highest BCUT2D eigenvalue weighted by atomic mass is 16.5. The van der Waals surface area contributed by atoms with E-state index in [0.717, 1.165) is 52.6 Å².